The molecule has 1 saturated heterocycles. The van der Waals surface area contributed by atoms with Crippen molar-refractivity contribution in [2.75, 3.05) is 50.3 Å². The normalized spacial score (nSPS) is 17.1. The van der Waals surface area contributed by atoms with E-state index in [9.17, 15) is 9.18 Å². The van der Waals surface area contributed by atoms with Crippen molar-refractivity contribution < 1.29 is 9.18 Å². The van der Waals surface area contributed by atoms with E-state index < -0.39 is 5.82 Å². The number of piperazine rings is 1. The Morgan fingerprint density at radius 1 is 1.30 bits per heavy atom. The van der Waals surface area contributed by atoms with E-state index in [2.05, 4.69) is 22.0 Å². The number of anilines is 2. The predicted molar refractivity (Wildman–Crippen MR) is 78.0 cm³/mol. The van der Waals surface area contributed by atoms with Crippen molar-refractivity contribution in [1.29, 1.82) is 0 Å². The van der Waals surface area contributed by atoms with Gasteiger partial charge in [-0.15, -0.1) is 0 Å². The van der Waals surface area contributed by atoms with E-state index in [0.29, 0.717) is 12.2 Å². The fraction of sp³-hybridized carbons (Fsp3) is 0.500. The molecule has 0 bridgehead atoms. The van der Waals surface area contributed by atoms with Crippen LogP contribution in [0.25, 0.3) is 0 Å². The summed E-state index contributed by atoms with van der Waals surface area (Å²) >= 11 is 0. The molecule has 1 aromatic carbocycles. The Morgan fingerprint density at radius 3 is 2.55 bits per heavy atom. The highest BCUT2D eigenvalue weighted by Gasteiger charge is 2.18. The Hall–Kier alpha value is -1.66. The minimum absolute atomic E-state index is 0.117. The maximum Gasteiger partial charge on any atom is 0.238 e. The molecule has 0 unspecified atom stereocenters. The summed E-state index contributed by atoms with van der Waals surface area (Å²) in [5.41, 5.74) is 6.37. The van der Waals surface area contributed by atoms with Crippen LogP contribution in [-0.2, 0) is 4.79 Å². The lowest BCUT2D eigenvalue weighted by Gasteiger charge is -2.33. The van der Waals surface area contributed by atoms with Gasteiger partial charge in [0.1, 0.15) is 5.82 Å². The first-order chi connectivity index (χ1) is 9.58. The molecular formula is C14H21FN4O. The Labute approximate surface area is 118 Å². The summed E-state index contributed by atoms with van der Waals surface area (Å²) < 4.78 is 12.9. The third-order valence-corrected chi connectivity index (χ3v) is 3.57. The van der Waals surface area contributed by atoms with E-state index in [1.807, 2.05) is 0 Å². The summed E-state index contributed by atoms with van der Waals surface area (Å²) in [6.07, 6.45) is 0. The largest absolute Gasteiger partial charge is 0.397 e. The molecule has 0 saturated carbocycles. The molecule has 1 aliphatic heterocycles. The van der Waals surface area contributed by atoms with Crippen LogP contribution in [-0.4, -0.2) is 55.0 Å². The third-order valence-electron chi connectivity index (χ3n) is 3.57. The van der Waals surface area contributed by atoms with Gasteiger partial charge >= 0.3 is 0 Å². The van der Waals surface area contributed by atoms with Crippen molar-refractivity contribution in [1.82, 2.24) is 9.80 Å². The zero-order valence-electron chi connectivity index (χ0n) is 11.7. The summed E-state index contributed by atoms with van der Waals surface area (Å²) in [6.45, 7) is 7.28. The smallest absolute Gasteiger partial charge is 0.238 e. The quantitative estimate of drug-likeness (QED) is 0.807. The molecular weight excluding hydrogens is 259 g/mol. The molecule has 0 atom stereocenters. The second kappa shape index (κ2) is 6.67. The molecule has 2 rings (SSSR count). The number of hydrogen-bond acceptors (Lipinski definition) is 4. The van der Waals surface area contributed by atoms with Gasteiger partial charge in [0.25, 0.3) is 0 Å². The van der Waals surface area contributed by atoms with E-state index in [-0.39, 0.29) is 11.6 Å². The Kier molecular flexibility index (Phi) is 4.92. The summed E-state index contributed by atoms with van der Waals surface area (Å²) in [5, 5.41) is 2.72. The Balaban J connectivity index is 1.84. The zero-order valence-corrected chi connectivity index (χ0v) is 11.7. The number of rotatable bonds is 4. The first kappa shape index (κ1) is 14.7. The lowest BCUT2D eigenvalue weighted by atomic mass is 10.2. The standard InChI is InChI=1S/C14H21FN4O/c1-2-18-5-7-19(8-6-18)10-14(20)17-13-4-3-11(15)9-12(13)16/h3-4,9H,2,5-8,10,16H2,1H3,(H,17,20). The van der Waals surface area contributed by atoms with Crippen LogP contribution < -0.4 is 11.1 Å². The Bertz CT molecular complexity index is 472. The summed E-state index contributed by atoms with van der Waals surface area (Å²) in [7, 11) is 0. The van der Waals surface area contributed by atoms with E-state index in [1.54, 1.807) is 0 Å². The zero-order chi connectivity index (χ0) is 14.5. The molecule has 1 aliphatic rings. The van der Waals surface area contributed by atoms with Crippen LogP contribution in [0.4, 0.5) is 15.8 Å². The van der Waals surface area contributed by atoms with Gasteiger partial charge in [-0.2, -0.15) is 0 Å². The molecule has 110 valence electrons. The lowest BCUT2D eigenvalue weighted by molar-refractivity contribution is -0.117. The predicted octanol–water partition coefficient (Wildman–Crippen LogP) is 0.984. The molecule has 20 heavy (non-hydrogen) atoms. The first-order valence-electron chi connectivity index (χ1n) is 6.88. The number of halogens is 1. The second-order valence-electron chi connectivity index (χ2n) is 4.99. The number of carbonyl (C=O) groups is 1. The van der Waals surface area contributed by atoms with Crippen molar-refractivity contribution in [3.8, 4) is 0 Å². The summed E-state index contributed by atoms with van der Waals surface area (Å²) in [4.78, 5) is 16.4. The fourth-order valence-corrected chi connectivity index (χ4v) is 2.30. The SMILES string of the molecule is CCN1CCN(CC(=O)Nc2ccc(F)cc2N)CC1. The third kappa shape index (κ3) is 3.91. The highest BCUT2D eigenvalue weighted by Crippen LogP contribution is 2.18. The van der Waals surface area contributed by atoms with E-state index in [1.165, 1.54) is 18.2 Å². The Morgan fingerprint density at radius 2 is 1.95 bits per heavy atom. The van der Waals surface area contributed by atoms with Crippen LogP contribution in [0.1, 0.15) is 6.92 Å². The summed E-state index contributed by atoms with van der Waals surface area (Å²) in [5.74, 6) is -0.524. The monoisotopic (exact) mass is 280 g/mol. The number of nitrogens with zero attached hydrogens (tertiary/aromatic N) is 2. The van der Waals surface area contributed by atoms with Crippen molar-refractivity contribution in [3.05, 3.63) is 24.0 Å². The maximum atomic E-state index is 12.9. The second-order valence-corrected chi connectivity index (χ2v) is 4.99. The van der Waals surface area contributed by atoms with Crippen LogP contribution in [0.2, 0.25) is 0 Å². The van der Waals surface area contributed by atoms with Crippen molar-refractivity contribution in [2.45, 2.75) is 6.92 Å². The van der Waals surface area contributed by atoms with Crippen LogP contribution in [0.3, 0.4) is 0 Å². The molecule has 1 fully saturated rings. The van der Waals surface area contributed by atoms with Crippen molar-refractivity contribution in [3.63, 3.8) is 0 Å². The first-order valence-corrected chi connectivity index (χ1v) is 6.88. The van der Waals surface area contributed by atoms with Gasteiger partial charge in [-0.05, 0) is 24.7 Å². The van der Waals surface area contributed by atoms with Crippen LogP contribution in [0, 0.1) is 5.82 Å². The van der Waals surface area contributed by atoms with Gasteiger partial charge in [0.05, 0.1) is 17.9 Å². The molecule has 0 radical (unpaired) electrons. The van der Waals surface area contributed by atoms with Crippen LogP contribution in [0.5, 0.6) is 0 Å². The highest BCUT2D eigenvalue weighted by molar-refractivity contribution is 5.95. The molecule has 0 aromatic heterocycles. The molecule has 1 amide bonds. The number of likely N-dealkylation sites (N-methyl/N-ethyl adjacent to an activating group) is 1. The van der Waals surface area contributed by atoms with Gasteiger partial charge in [0, 0.05) is 26.2 Å². The molecule has 0 aliphatic carbocycles. The number of carbonyl (C=O) groups excluding carboxylic acids is 1. The minimum Gasteiger partial charge on any atom is -0.397 e. The molecule has 3 N–H and O–H groups in total. The van der Waals surface area contributed by atoms with Crippen LogP contribution >= 0.6 is 0 Å². The van der Waals surface area contributed by atoms with Gasteiger partial charge in [-0.3, -0.25) is 9.69 Å². The number of amides is 1. The topological polar surface area (TPSA) is 61.6 Å². The number of nitrogens with two attached hydrogens (primary N) is 1. The molecule has 1 heterocycles. The van der Waals surface area contributed by atoms with Gasteiger partial charge < -0.3 is 16.0 Å². The molecule has 1 aromatic rings. The van der Waals surface area contributed by atoms with Gasteiger partial charge in [0.15, 0.2) is 0 Å². The maximum absolute atomic E-state index is 12.9. The lowest BCUT2D eigenvalue weighted by Crippen LogP contribution is -2.48. The van der Waals surface area contributed by atoms with Crippen LogP contribution in [0.15, 0.2) is 18.2 Å². The van der Waals surface area contributed by atoms with Gasteiger partial charge in [-0.25, -0.2) is 4.39 Å². The average Bonchev–Trinajstić information content (AvgIpc) is 2.43. The van der Waals surface area contributed by atoms with E-state index in [4.69, 9.17) is 5.73 Å². The molecule has 0 spiro atoms. The van der Waals surface area contributed by atoms with Crippen molar-refractivity contribution in [2.24, 2.45) is 0 Å². The number of nitrogens with one attached hydrogen (secondary N) is 1. The van der Waals surface area contributed by atoms with Gasteiger partial charge in [-0.1, -0.05) is 6.92 Å². The van der Waals surface area contributed by atoms with Crippen molar-refractivity contribution >= 4 is 17.3 Å². The van der Waals surface area contributed by atoms with Gasteiger partial charge in [0.2, 0.25) is 5.91 Å². The molecule has 6 heteroatoms. The average molecular weight is 280 g/mol. The van der Waals surface area contributed by atoms with E-state index in [0.717, 1.165) is 32.7 Å². The van der Waals surface area contributed by atoms with E-state index >= 15 is 0 Å². The molecule has 5 nitrogen and oxygen atoms in total. The number of nitrogen functional groups attached to an aromatic ring is 1. The number of benzene rings is 1. The minimum atomic E-state index is -0.406. The fourth-order valence-electron chi connectivity index (χ4n) is 2.30. The number of hydrogen-bond donors (Lipinski definition) is 2. The highest BCUT2D eigenvalue weighted by atomic mass is 19.1. The summed E-state index contributed by atoms with van der Waals surface area (Å²) in [6, 6.07) is 3.97.